The summed E-state index contributed by atoms with van der Waals surface area (Å²) in [7, 11) is 2.24. The molecule has 0 aromatic heterocycles. The monoisotopic (exact) mass is 203 g/mol. The van der Waals surface area contributed by atoms with Gasteiger partial charge in [0, 0.05) is 6.54 Å². The van der Waals surface area contributed by atoms with Crippen LogP contribution in [0, 0.1) is 11.8 Å². The van der Waals surface area contributed by atoms with Crippen molar-refractivity contribution in [3.63, 3.8) is 0 Å². The largest absolute Gasteiger partial charge is 0.306 e. The van der Waals surface area contributed by atoms with Crippen molar-refractivity contribution in [2.75, 3.05) is 20.1 Å². The first-order chi connectivity index (χ1) is 7.25. The van der Waals surface area contributed by atoms with E-state index in [0.717, 1.165) is 11.8 Å². The fraction of sp³-hybridized carbons (Fsp3) is 0.571. The van der Waals surface area contributed by atoms with Crippen molar-refractivity contribution >= 4 is 0 Å². The molecule has 1 aromatic rings. The van der Waals surface area contributed by atoms with Gasteiger partial charge in [0.25, 0.3) is 0 Å². The number of piperidine rings is 1. The first kappa shape index (κ1) is 10.7. The van der Waals surface area contributed by atoms with E-state index in [9.17, 15) is 0 Å². The third kappa shape index (κ3) is 2.82. The number of benzene rings is 1. The predicted octanol–water partition coefficient (Wildman–Crippen LogP) is 2.82. The minimum atomic E-state index is 0.839. The van der Waals surface area contributed by atoms with E-state index in [-0.39, 0.29) is 0 Å². The van der Waals surface area contributed by atoms with Crippen LogP contribution in [-0.2, 0) is 6.42 Å². The summed E-state index contributed by atoms with van der Waals surface area (Å²) in [5, 5.41) is 0. The van der Waals surface area contributed by atoms with Crippen LogP contribution in [-0.4, -0.2) is 25.0 Å². The van der Waals surface area contributed by atoms with Crippen LogP contribution in [0.1, 0.15) is 18.9 Å². The number of hydrogen-bond acceptors (Lipinski definition) is 1. The average molecular weight is 203 g/mol. The minimum absolute atomic E-state index is 0.839. The molecule has 1 saturated heterocycles. The average Bonchev–Trinajstić information content (AvgIpc) is 2.25. The topological polar surface area (TPSA) is 3.24 Å². The van der Waals surface area contributed by atoms with Gasteiger partial charge in [0.1, 0.15) is 0 Å². The predicted molar refractivity (Wildman–Crippen MR) is 64.9 cm³/mol. The lowest BCUT2D eigenvalue weighted by Gasteiger charge is -2.35. The molecule has 0 radical (unpaired) electrons. The highest BCUT2D eigenvalue weighted by Gasteiger charge is 2.23. The van der Waals surface area contributed by atoms with Crippen LogP contribution in [0.2, 0.25) is 0 Å². The summed E-state index contributed by atoms with van der Waals surface area (Å²) >= 11 is 0. The molecule has 1 nitrogen and oxygen atoms in total. The smallest absolute Gasteiger partial charge is 0.00123 e. The molecule has 2 rings (SSSR count). The summed E-state index contributed by atoms with van der Waals surface area (Å²) in [4.78, 5) is 2.47. The standard InChI is InChI=1S/C14H21N/c1-12-8-9-15(2)11-14(12)10-13-6-4-3-5-7-13/h3-7,12,14H,8-11H2,1-2H3/t12-,14+/m1/s1. The van der Waals surface area contributed by atoms with E-state index in [0.29, 0.717) is 0 Å². The fourth-order valence-electron chi connectivity index (χ4n) is 2.51. The first-order valence-electron chi connectivity index (χ1n) is 5.98. The Bertz CT molecular complexity index is 293. The Morgan fingerprint density at radius 2 is 2.00 bits per heavy atom. The third-order valence-corrected chi connectivity index (χ3v) is 3.66. The lowest BCUT2D eigenvalue weighted by Crippen LogP contribution is -2.37. The van der Waals surface area contributed by atoms with E-state index >= 15 is 0 Å². The molecule has 0 spiro atoms. The van der Waals surface area contributed by atoms with Crippen molar-refractivity contribution in [2.45, 2.75) is 19.8 Å². The molecule has 0 N–H and O–H groups in total. The maximum absolute atomic E-state index is 2.47. The number of nitrogens with zero attached hydrogens (tertiary/aromatic N) is 1. The molecule has 2 atom stereocenters. The maximum Gasteiger partial charge on any atom is 0.00123 e. The van der Waals surface area contributed by atoms with Gasteiger partial charge in [-0.05, 0) is 43.8 Å². The zero-order valence-corrected chi connectivity index (χ0v) is 9.82. The molecule has 15 heavy (non-hydrogen) atoms. The second kappa shape index (κ2) is 4.80. The molecular formula is C14H21N. The second-order valence-corrected chi connectivity index (χ2v) is 4.98. The summed E-state index contributed by atoms with van der Waals surface area (Å²) in [6.45, 7) is 4.93. The summed E-state index contributed by atoms with van der Waals surface area (Å²) in [6.07, 6.45) is 2.60. The molecule has 0 aliphatic carbocycles. The third-order valence-electron chi connectivity index (χ3n) is 3.66. The molecule has 1 heteroatoms. The molecule has 1 heterocycles. The van der Waals surface area contributed by atoms with E-state index in [4.69, 9.17) is 0 Å². The maximum atomic E-state index is 2.47. The Hall–Kier alpha value is -0.820. The van der Waals surface area contributed by atoms with Crippen LogP contribution in [0.15, 0.2) is 30.3 Å². The van der Waals surface area contributed by atoms with Crippen LogP contribution in [0.3, 0.4) is 0 Å². The van der Waals surface area contributed by atoms with Gasteiger partial charge in [-0.25, -0.2) is 0 Å². The molecule has 0 amide bonds. The SMILES string of the molecule is C[C@@H]1CCN(C)C[C@@H]1Cc1ccccc1. The molecule has 1 fully saturated rings. The van der Waals surface area contributed by atoms with Crippen LogP contribution in [0.25, 0.3) is 0 Å². The lowest BCUT2D eigenvalue weighted by atomic mass is 9.83. The Morgan fingerprint density at radius 3 is 2.73 bits per heavy atom. The number of likely N-dealkylation sites (tertiary alicyclic amines) is 1. The van der Waals surface area contributed by atoms with Crippen molar-refractivity contribution < 1.29 is 0 Å². The minimum Gasteiger partial charge on any atom is -0.306 e. The normalized spacial score (nSPS) is 27.9. The Kier molecular flexibility index (Phi) is 3.42. The molecular weight excluding hydrogens is 182 g/mol. The summed E-state index contributed by atoms with van der Waals surface area (Å²) in [5.41, 5.74) is 1.49. The zero-order valence-electron chi connectivity index (χ0n) is 9.82. The Labute approximate surface area is 93.1 Å². The first-order valence-corrected chi connectivity index (χ1v) is 5.98. The zero-order chi connectivity index (χ0) is 10.7. The van der Waals surface area contributed by atoms with Crippen molar-refractivity contribution in [1.82, 2.24) is 4.90 Å². The van der Waals surface area contributed by atoms with Gasteiger partial charge < -0.3 is 4.90 Å². The van der Waals surface area contributed by atoms with Crippen LogP contribution in [0.4, 0.5) is 0 Å². The Balaban J connectivity index is 1.98. The van der Waals surface area contributed by atoms with Gasteiger partial charge in [-0.15, -0.1) is 0 Å². The molecule has 0 unspecified atom stereocenters. The van der Waals surface area contributed by atoms with Crippen LogP contribution >= 0.6 is 0 Å². The molecule has 1 aliphatic heterocycles. The van der Waals surface area contributed by atoms with E-state index in [2.05, 4.69) is 49.2 Å². The van der Waals surface area contributed by atoms with E-state index in [1.54, 1.807) is 0 Å². The van der Waals surface area contributed by atoms with Gasteiger partial charge >= 0.3 is 0 Å². The summed E-state index contributed by atoms with van der Waals surface area (Å²) in [5.74, 6) is 1.72. The highest BCUT2D eigenvalue weighted by Crippen LogP contribution is 2.25. The molecule has 82 valence electrons. The van der Waals surface area contributed by atoms with Crippen molar-refractivity contribution in [3.05, 3.63) is 35.9 Å². The van der Waals surface area contributed by atoms with E-state index in [1.807, 2.05) is 0 Å². The molecule has 0 saturated carbocycles. The second-order valence-electron chi connectivity index (χ2n) is 4.98. The van der Waals surface area contributed by atoms with Gasteiger partial charge in [-0.3, -0.25) is 0 Å². The van der Waals surface area contributed by atoms with Crippen molar-refractivity contribution in [1.29, 1.82) is 0 Å². The van der Waals surface area contributed by atoms with Gasteiger partial charge in [-0.1, -0.05) is 37.3 Å². The van der Waals surface area contributed by atoms with Gasteiger partial charge in [0.05, 0.1) is 0 Å². The van der Waals surface area contributed by atoms with E-state index in [1.165, 1.54) is 31.5 Å². The fourth-order valence-corrected chi connectivity index (χ4v) is 2.51. The highest BCUT2D eigenvalue weighted by atomic mass is 15.1. The lowest BCUT2D eigenvalue weighted by molar-refractivity contribution is 0.153. The molecule has 1 aromatic carbocycles. The molecule has 0 bridgehead atoms. The Morgan fingerprint density at radius 1 is 1.27 bits per heavy atom. The number of rotatable bonds is 2. The van der Waals surface area contributed by atoms with E-state index < -0.39 is 0 Å². The van der Waals surface area contributed by atoms with Crippen LogP contribution in [0.5, 0.6) is 0 Å². The summed E-state index contributed by atoms with van der Waals surface area (Å²) < 4.78 is 0. The summed E-state index contributed by atoms with van der Waals surface area (Å²) in [6, 6.07) is 10.9. The van der Waals surface area contributed by atoms with Gasteiger partial charge in [0.15, 0.2) is 0 Å². The van der Waals surface area contributed by atoms with Gasteiger partial charge in [-0.2, -0.15) is 0 Å². The van der Waals surface area contributed by atoms with Gasteiger partial charge in [0.2, 0.25) is 0 Å². The van der Waals surface area contributed by atoms with Crippen molar-refractivity contribution in [3.8, 4) is 0 Å². The number of hydrogen-bond donors (Lipinski definition) is 0. The van der Waals surface area contributed by atoms with Crippen LogP contribution < -0.4 is 0 Å². The van der Waals surface area contributed by atoms with Crippen molar-refractivity contribution in [2.24, 2.45) is 11.8 Å². The molecule has 1 aliphatic rings. The highest BCUT2D eigenvalue weighted by molar-refractivity contribution is 5.15. The quantitative estimate of drug-likeness (QED) is 0.714.